The zero-order chi connectivity index (χ0) is 13.1. The molecule has 2 rings (SSSR count). The topological polar surface area (TPSA) is 75.0 Å². The summed E-state index contributed by atoms with van der Waals surface area (Å²) in [7, 11) is 1.63. The number of H-pyrrole nitrogens is 1. The Kier molecular flexibility index (Phi) is 3.27. The number of aromatic nitrogens is 2. The van der Waals surface area contributed by atoms with Gasteiger partial charge in [0.1, 0.15) is 17.3 Å². The van der Waals surface area contributed by atoms with Gasteiger partial charge < -0.3 is 10.6 Å². The quantitative estimate of drug-likeness (QED) is 0.862. The molecule has 1 amide bonds. The molecule has 0 atom stereocenters. The van der Waals surface area contributed by atoms with Crippen molar-refractivity contribution >= 4 is 11.7 Å². The summed E-state index contributed by atoms with van der Waals surface area (Å²) in [5, 5.41) is 6.23. The lowest BCUT2D eigenvalue weighted by molar-refractivity contribution is 0.0779. The van der Waals surface area contributed by atoms with E-state index in [0.717, 1.165) is 5.56 Å². The predicted molar refractivity (Wildman–Crippen MR) is 65.2 cm³/mol. The van der Waals surface area contributed by atoms with E-state index in [0.29, 0.717) is 12.2 Å². The van der Waals surface area contributed by atoms with Crippen LogP contribution in [0.1, 0.15) is 16.1 Å². The van der Waals surface area contributed by atoms with Crippen LogP contribution in [0.4, 0.5) is 10.2 Å². The maximum Gasteiger partial charge on any atom is 0.271 e. The molecule has 1 heterocycles. The van der Waals surface area contributed by atoms with Gasteiger partial charge in [0.25, 0.3) is 5.91 Å². The first-order valence-electron chi connectivity index (χ1n) is 5.37. The van der Waals surface area contributed by atoms with Gasteiger partial charge in [0.05, 0.1) is 0 Å². The summed E-state index contributed by atoms with van der Waals surface area (Å²) >= 11 is 0. The Morgan fingerprint density at radius 1 is 1.50 bits per heavy atom. The van der Waals surface area contributed by atoms with Crippen molar-refractivity contribution in [2.45, 2.75) is 6.54 Å². The highest BCUT2D eigenvalue weighted by atomic mass is 19.1. The molecular formula is C12H13FN4O. The number of carbonyl (C=O) groups excluding carboxylic acids is 1. The van der Waals surface area contributed by atoms with Gasteiger partial charge in [0.2, 0.25) is 0 Å². The van der Waals surface area contributed by atoms with E-state index in [1.54, 1.807) is 19.2 Å². The molecule has 0 spiro atoms. The summed E-state index contributed by atoms with van der Waals surface area (Å²) in [6, 6.07) is 7.59. The van der Waals surface area contributed by atoms with Crippen LogP contribution in [0.2, 0.25) is 0 Å². The maximum absolute atomic E-state index is 13.0. The first-order valence-corrected chi connectivity index (χ1v) is 5.37. The van der Waals surface area contributed by atoms with E-state index >= 15 is 0 Å². The molecule has 0 aliphatic rings. The van der Waals surface area contributed by atoms with Gasteiger partial charge >= 0.3 is 0 Å². The van der Waals surface area contributed by atoms with Crippen LogP contribution in [0.15, 0.2) is 30.3 Å². The number of aromatic amines is 1. The second kappa shape index (κ2) is 4.87. The van der Waals surface area contributed by atoms with Crippen molar-refractivity contribution in [2.75, 3.05) is 12.8 Å². The van der Waals surface area contributed by atoms with Crippen molar-refractivity contribution in [3.63, 3.8) is 0 Å². The Balaban J connectivity index is 2.08. The van der Waals surface area contributed by atoms with E-state index in [1.165, 1.54) is 23.1 Å². The fraction of sp³-hybridized carbons (Fsp3) is 0.167. The summed E-state index contributed by atoms with van der Waals surface area (Å²) in [6.45, 7) is 0.315. The average molecular weight is 248 g/mol. The Morgan fingerprint density at radius 3 is 2.89 bits per heavy atom. The first-order chi connectivity index (χ1) is 8.56. The van der Waals surface area contributed by atoms with Crippen molar-refractivity contribution in [3.8, 4) is 0 Å². The minimum absolute atomic E-state index is 0.247. The van der Waals surface area contributed by atoms with Gasteiger partial charge in [0, 0.05) is 19.7 Å². The summed E-state index contributed by atoms with van der Waals surface area (Å²) in [5.74, 6) is -0.305. The molecule has 0 unspecified atom stereocenters. The first kappa shape index (κ1) is 12.1. The van der Waals surface area contributed by atoms with Crippen LogP contribution in [0.5, 0.6) is 0 Å². The molecule has 18 heavy (non-hydrogen) atoms. The van der Waals surface area contributed by atoms with Crippen LogP contribution in [0.25, 0.3) is 0 Å². The zero-order valence-corrected chi connectivity index (χ0v) is 9.85. The summed E-state index contributed by atoms with van der Waals surface area (Å²) in [6.07, 6.45) is 0. The van der Waals surface area contributed by atoms with Gasteiger partial charge in [-0.15, -0.1) is 0 Å². The van der Waals surface area contributed by atoms with Gasteiger partial charge in [-0.05, 0) is 17.7 Å². The molecule has 1 aromatic carbocycles. The van der Waals surface area contributed by atoms with E-state index in [4.69, 9.17) is 5.73 Å². The molecule has 0 fully saturated rings. The highest BCUT2D eigenvalue weighted by Gasteiger charge is 2.14. The monoisotopic (exact) mass is 248 g/mol. The summed E-state index contributed by atoms with van der Waals surface area (Å²) < 4.78 is 13.0. The highest BCUT2D eigenvalue weighted by molar-refractivity contribution is 5.92. The van der Waals surface area contributed by atoms with Crippen molar-refractivity contribution in [1.29, 1.82) is 0 Å². The van der Waals surface area contributed by atoms with Gasteiger partial charge in [-0.2, -0.15) is 5.10 Å². The molecule has 2 aromatic rings. The largest absolute Gasteiger partial charge is 0.382 e. The van der Waals surface area contributed by atoms with E-state index in [1.807, 2.05) is 0 Å². The van der Waals surface area contributed by atoms with Crippen LogP contribution < -0.4 is 5.73 Å². The Labute approximate surface area is 103 Å². The fourth-order valence-corrected chi connectivity index (χ4v) is 1.63. The molecule has 5 nitrogen and oxygen atoms in total. The van der Waals surface area contributed by atoms with Crippen molar-refractivity contribution < 1.29 is 9.18 Å². The number of hydrogen-bond acceptors (Lipinski definition) is 3. The number of anilines is 1. The van der Waals surface area contributed by atoms with Crippen LogP contribution in [-0.4, -0.2) is 28.1 Å². The third-order valence-corrected chi connectivity index (χ3v) is 2.48. The molecule has 0 aliphatic carbocycles. The second-order valence-electron chi connectivity index (χ2n) is 4.00. The lowest BCUT2D eigenvalue weighted by atomic mass is 10.2. The SMILES string of the molecule is CN(Cc1cccc(F)c1)C(=O)c1cc(N)n[nH]1. The molecule has 94 valence electrons. The zero-order valence-electron chi connectivity index (χ0n) is 9.85. The minimum Gasteiger partial charge on any atom is -0.382 e. The molecule has 1 aromatic heterocycles. The maximum atomic E-state index is 13.0. The fourth-order valence-electron chi connectivity index (χ4n) is 1.63. The van der Waals surface area contributed by atoms with E-state index in [2.05, 4.69) is 10.2 Å². The molecule has 6 heteroatoms. The minimum atomic E-state index is -0.320. The number of nitrogen functional groups attached to an aromatic ring is 1. The molecule has 0 saturated heterocycles. The van der Waals surface area contributed by atoms with Gasteiger partial charge in [0.15, 0.2) is 0 Å². The lowest BCUT2D eigenvalue weighted by Crippen LogP contribution is -2.26. The average Bonchev–Trinajstić information content (AvgIpc) is 2.75. The van der Waals surface area contributed by atoms with Gasteiger partial charge in [-0.1, -0.05) is 12.1 Å². The number of nitrogens with two attached hydrogens (primary N) is 1. The third-order valence-electron chi connectivity index (χ3n) is 2.48. The Bertz CT molecular complexity index is 567. The molecule has 0 aliphatic heterocycles. The van der Waals surface area contributed by atoms with Crippen molar-refractivity contribution in [3.05, 3.63) is 47.4 Å². The molecular weight excluding hydrogens is 235 g/mol. The van der Waals surface area contributed by atoms with Crippen molar-refractivity contribution in [1.82, 2.24) is 15.1 Å². The standard InChI is InChI=1S/C12H13FN4O/c1-17(7-8-3-2-4-9(13)5-8)12(18)10-6-11(14)16-15-10/h2-6H,7H2,1H3,(H3,14,15,16). The molecule has 0 radical (unpaired) electrons. The third kappa shape index (κ3) is 2.65. The van der Waals surface area contributed by atoms with E-state index in [-0.39, 0.29) is 17.5 Å². The number of nitrogens with one attached hydrogen (secondary N) is 1. The van der Waals surface area contributed by atoms with Crippen LogP contribution in [0, 0.1) is 5.82 Å². The summed E-state index contributed by atoms with van der Waals surface area (Å²) in [5.41, 5.74) is 6.46. The van der Waals surface area contributed by atoms with Crippen molar-refractivity contribution in [2.24, 2.45) is 0 Å². The lowest BCUT2D eigenvalue weighted by Gasteiger charge is -2.16. The van der Waals surface area contributed by atoms with Gasteiger partial charge in [-0.25, -0.2) is 4.39 Å². The number of amides is 1. The number of carbonyl (C=O) groups is 1. The number of halogens is 1. The van der Waals surface area contributed by atoms with Gasteiger partial charge in [-0.3, -0.25) is 9.89 Å². The van der Waals surface area contributed by atoms with E-state index in [9.17, 15) is 9.18 Å². The van der Waals surface area contributed by atoms with Crippen LogP contribution in [0.3, 0.4) is 0 Å². The normalized spacial score (nSPS) is 10.3. The van der Waals surface area contributed by atoms with Crippen LogP contribution in [-0.2, 0) is 6.54 Å². The predicted octanol–water partition coefficient (Wildman–Crippen LogP) is 1.40. The smallest absolute Gasteiger partial charge is 0.271 e. The van der Waals surface area contributed by atoms with Crippen LogP contribution >= 0.6 is 0 Å². The molecule has 0 saturated carbocycles. The Hall–Kier alpha value is -2.37. The highest BCUT2D eigenvalue weighted by Crippen LogP contribution is 2.09. The molecule has 3 N–H and O–H groups in total. The second-order valence-corrected chi connectivity index (χ2v) is 4.00. The number of hydrogen-bond donors (Lipinski definition) is 2. The number of rotatable bonds is 3. The Morgan fingerprint density at radius 2 is 2.28 bits per heavy atom. The number of benzene rings is 1. The summed E-state index contributed by atoms with van der Waals surface area (Å²) in [4.78, 5) is 13.4. The number of nitrogens with zero attached hydrogens (tertiary/aromatic N) is 2. The molecule has 0 bridgehead atoms. The van der Waals surface area contributed by atoms with E-state index < -0.39 is 0 Å².